The molecule has 1 aromatic heterocycles. The van der Waals surface area contributed by atoms with E-state index in [0.717, 1.165) is 5.56 Å². The number of aromatic nitrogens is 2. The number of nitrogens with zero attached hydrogens (tertiary/aromatic N) is 1. The fourth-order valence-electron chi connectivity index (χ4n) is 1.87. The highest BCUT2D eigenvalue weighted by molar-refractivity contribution is 5.66. The van der Waals surface area contributed by atoms with Crippen LogP contribution >= 0.6 is 0 Å². The molecule has 0 fully saturated rings. The number of aromatic amines is 1. The van der Waals surface area contributed by atoms with Gasteiger partial charge in [-0.3, -0.25) is 4.79 Å². The molecule has 0 bridgehead atoms. The van der Waals surface area contributed by atoms with Gasteiger partial charge in [0.1, 0.15) is 17.3 Å². The van der Waals surface area contributed by atoms with Crippen molar-refractivity contribution in [1.82, 2.24) is 9.97 Å². The van der Waals surface area contributed by atoms with Crippen LogP contribution in [0.25, 0.3) is 11.3 Å². The Morgan fingerprint density at radius 1 is 1.05 bits per heavy atom. The number of H-pyrrole nitrogens is 1. The standard InChI is InChI=1S/C14H16N2O3/c1-8-13(15-9(2)16-14(8)17)10-5-11(18-3)7-12(6-10)19-4/h5-7H,1-4H3,(H,15,16,17). The van der Waals surface area contributed by atoms with Crippen LogP contribution in [0.4, 0.5) is 0 Å². The summed E-state index contributed by atoms with van der Waals surface area (Å²) in [6, 6.07) is 5.44. The zero-order valence-electron chi connectivity index (χ0n) is 11.4. The van der Waals surface area contributed by atoms with Crippen LogP contribution in [-0.2, 0) is 0 Å². The van der Waals surface area contributed by atoms with Crippen LogP contribution in [0, 0.1) is 13.8 Å². The van der Waals surface area contributed by atoms with E-state index >= 15 is 0 Å². The molecule has 0 radical (unpaired) electrons. The molecule has 100 valence electrons. The number of benzene rings is 1. The summed E-state index contributed by atoms with van der Waals surface area (Å²) >= 11 is 0. The van der Waals surface area contributed by atoms with Gasteiger partial charge in [0, 0.05) is 17.2 Å². The number of rotatable bonds is 3. The Labute approximate surface area is 111 Å². The number of ether oxygens (including phenoxy) is 2. The summed E-state index contributed by atoms with van der Waals surface area (Å²) in [6.45, 7) is 3.49. The van der Waals surface area contributed by atoms with E-state index in [9.17, 15) is 4.79 Å². The number of aryl methyl sites for hydroxylation is 1. The number of hydrogen-bond acceptors (Lipinski definition) is 4. The van der Waals surface area contributed by atoms with Crippen LogP contribution in [0.3, 0.4) is 0 Å². The van der Waals surface area contributed by atoms with Gasteiger partial charge in [-0.2, -0.15) is 0 Å². The number of methoxy groups -OCH3 is 2. The van der Waals surface area contributed by atoms with Gasteiger partial charge < -0.3 is 14.5 Å². The fourth-order valence-corrected chi connectivity index (χ4v) is 1.87. The van der Waals surface area contributed by atoms with E-state index in [1.54, 1.807) is 34.1 Å². The Bertz CT molecular complexity index is 640. The van der Waals surface area contributed by atoms with E-state index in [0.29, 0.717) is 28.6 Å². The van der Waals surface area contributed by atoms with Crippen LogP contribution < -0.4 is 15.0 Å². The molecule has 0 aliphatic carbocycles. The van der Waals surface area contributed by atoms with Crippen molar-refractivity contribution < 1.29 is 9.47 Å². The normalized spacial score (nSPS) is 10.3. The van der Waals surface area contributed by atoms with Crippen molar-refractivity contribution in [3.8, 4) is 22.8 Å². The smallest absolute Gasteiger partial charge is 0.254 e. The van der Waals surface area contributed by atoms with Crippen LogP contribution in [0.5, 0.6) is 11.5 Å². The molecule has 1 aromatic carbocycles. The fraction of sp³-hybridized carbons (Fsp3) is 0.286. The molecule has 0 amide bonds. The number of nitrogens with one attached hydrogen (secondary N) is 1. The summed E-state index contributed by atoms with van der Waals surface area (Å²) in [5.41, 5.74) is 1.87. The zero-order valence-corrected chi connectivity index (χ0v) is 11.4. The first-order valence-corrected chi connectivity index (χ1v) is 5.86. The van der Waals surface area contributed by atoms with Crippen LogP contribution in [-0.4, -0.2) is 24.2 Å². The van der Waals surface area contributed by atoms with E-state index in [-0.39, 0.29) is 5.56 Å². The number of hydrogen-bond donors (Lipinski definition) is 1. The average Bonchev–Trinajstić information content (AvgIpc) is 2.42. The molecule has 2 aromatic rings. The monoisotopic (exact) mass is 260 g/mol. The summed E-state index contributed by atoms with van der Waals surface area (Å²) in [6.07, 6.45) is 0. The molecule has 0 saturated heterocycles. The Morgan fingerprint density at radius 2 is 1.63 bits per heavy atom. The maximum Gasteiger partial charge on any atom is 0.254 e. The molecular weight excluding hydrogens is 244 g/mol. The van der Waals surface area contributed by atoms with E-state index in [4.69, 9.17) is 9.47 Å². The molecule has 0 atom stereocenters. The van der Waals surface area contributed by atoms with Gasteiger partial charge in [-0.25, -0.2) is 4.98 Å². The van der Waals surface area contributed by atoms with Crippen molar-refractivity contribution in [3.05, 3.63) is 39.9 Å². The Balaban J connectivity index is 2.67. The molecule has 0 saturated carbocycles. The first kappa shape index (κ1) is 13.1. The molecule has 1 heterocycles. The predicted molar refractivity (Wildman–Crippen MR) is 72.9 cm³/mol. The van der Waals surface area contributed by atoms with Gasteiger partial charge in [0.15, 0.2) is 0 Å². The van der Waals surface area contributed by atoms with Gasteiger partial charge in [0.25, 0.3) is 5.56 Å². The van der Waals surface area contributed by atoms with E-state index < -0.39 is 0 Å². The lowest BCUT2D eigenvalue weighted by Crippen LogP contribution is -2.14. The first-order chi connectivity index (χ1) is 9.05. The molecule has 0 aliphatic rings. The molecule has 0 spiro atoms. The highest BCUT2D eigenvalue weighted by atomic mass is 16.5. The molecule has 5 heteroatoms. The summed E-state index contributed by atoms with van der Waals surface area (Å²) in [7, 11) is 3.17. The molecule has 1 N–H and O–H groups in total. The maximum absolute atomic E-state index is 11.8. The van der Waals surface area contributed by atoms with E-state index in [2.05, 4.69) is 9.97 Å². The highest BCUT2D eigenvalue weighted by Crippen LogP contribution is 2.29. The molecule has 19 heavy (non-hydrogen) atoms. The minimum Gasteiger partial charge on any atom is -0.497 e. The minimum atomic E-state index is -0.135. The van der Waals surface area contributed by atoms with Crippen molar-refractivity contribution in [2.24, 2.45) is 0 Å². The second kappa shape index (κ2) is 5.14. The average molecular weight is 260 g/mol. The molecule has 2 rings (SSSR count). The van der Waals surface area contributed by atoms with Gasteiger partial charge in [0.05, 0.1) is 19.9 Å². The van der Waals surface area contributed by atoms with Gasteiger partial charge in [-0.05, 0) is 26.0 Å². The summed E-state index contributed by atoms with van der Waals surface area (Å²) in [4.78, 5) is 18.8. The van der Waals surface area contributed by atoms with Crippen LogP contribution in [0.15, 0.2) is 23.0 Å². The lowest BCUT2D eigenvalue weighted by Gasteiger charge is -2.10. The summed E-state index contributed by atoms with van der Waals surface area (Å²) in [5.74, 6) is 1.90. The molecule has 0 unspecified atom stereocenters. The molecule has 0 aliphatic heterocycles. The Hall–Kier alpha value is -2.30. The van der Waals surface area contributed by atoms with Crippen molar-refractivity contribution in [2.45, 2.75) is 13.8 Å². The van der Waals surface area contributed by atoms with Crippen molar-refractivity contribution >= 4 is 0 Å². The second-order valence-corrected chi connectivity index (χ2v) is 4.23. The van der Waals surface area contributed by atoms with E-state index in [1.807, 2.05) is 12.1 Å². The summed E-state index contributed by atoms with van der Waals surface area (Å²) in [5, 5.41) is 0. The third kappa shape index (κ3) is 2.59. The second-order valence-electron chi connectivity index (χ2n) is 4.23. The van der Waals surface area contributed by atoms with Crippen molar-refractivity contribution in [1.29, 1.82) is 0 Å². The van der Waals surface area contributed by atoms with Crippen LogP contribution in [0.1, 0.15) is 11.4 Å². The van der Waals surface area contributed by atoms with Crippen LogP contribution in [0.2, 0.25) is 0 Å². The molecule has 5 nitrogen and oxygen atoms in total. The van der Waals surface area contributed by atoms with Gasteiger partial charge in [-0.1, -0.05) is 0 Å². The maximum atomic E-state index is 11.8. The Kier molecular flexibility index (Phi) is 3.55. The largest absolute Gasteiger partial charge is 0.497 e. The third-order valence-corrected chi connectivity index (χ3v) is 2.89. The summed E-state index contributed by atoms with van der Waals surface area (Å²) < 4.78 is 10.5. The predicted octanol–water partition coefficient (Wildman–Crippen LogP) is 2.07. The minimum absolute atomic E-state index is 0.135. The lowest BCUT2D eigenvalue weighted by molar-refractivity contribution is 0.394. The lowest BCUT2D eigenvalue weighted by atomic mass is 10.1. The van der Waals surface area contributed by atoms with Gasteiger partial charge >= 0.3 is 0 Å². The topological polar surface area (TPSA) is 64.2 Å². The van der Waals surface area contributed by atoms with Gasteiger partial charge in [0.2, 0.25) is 0 Å². The highest BCUT2D eigenvalue weighted by Gasteiger charge is 2.11. The van der Waals surface area contributed by atoms with E-state index in [1.165, 1.54) is 0 Å². The first-order valence-electron chi connectivity index (χ1n) is 5.86. The van der Waals surface area contributed by atoms with Crippen molar-refractivity contribution in [3.63, 3.8) is 0 Å². The molecular formula is C14H16N2O3. The third-order valence-electron chi connectivity index (χ3n) is 2.89. The quantitative estimate of drug-likeness (QED) is 0.917. The van der Waals surface area contributed by atoms with Crippen molar-refractivity contribution in [2.75, 3.05) is 14.2 Å². The van der Waals surface area contributed by atoms with Gasteiger partial charge in [-0.15, -0.1) is 0 Å². The zero-order chi connectivity index (χ0) is 14.0. The SMILES string of the molecule is COc1cc(OC)cc(-c2nc(C)[nH]c(=O)c2C)c1. The Morgan fingerprint density at radius 3 is 2.16 bits per heavy atom.